The first-order valence-electron chi connectivity index (χ1n) is 10.1. The van der Waals surface area contributed by atoms with Gasteiger partial charge in [0.25, 0.3) is 5.91 Å². The second kappa shape index (κ2) is 7.12. The normalized spacial score (nSPS) is 36.0. The predicted molar refractivity (Wildman–Crippen MR) is 101 cm³/mol. The van der Waals surface area contributed by atoms with Crippen LogP contribution in [-0.2, 0) is 0 Å². The molecule has 4 aliphatic carbocycles. The van der Waals surface area contributed by atoms with Crippen LogP contribution in [0.2, 0.25) is 0 Å². The summed E-state index contributed by atoms with van der Waals surface area (Å²) < 4.78 is 1.98. The van der Waals surface area contributed by atoms with E-state index in [4.69, 9.17) is 0 Å². The van der Waals surface area contributed by atoms with Gasteiger partial charge in [0, 0.05) is 6.04 Å². The van der Waals surface area contributed by atoms with E-state index in [0.29, 0.717) is 29.6 Å². The van der Waals surface area contributed by atoms with Gasteiger partial charge in [-0.25, -0.2) is 4.68 Å². The summed E-state index contributed by atoms with van der Waals surface area (Å²) in [5.41, 5.74) is 1.46. The Morgan fingerprint density at radius 1 is 1.08 bits per heavy atom. The minimum absolute atomic E-state index is 0. The van der Waals surface area contributed by atoms with E-state index >= 15 is 0 Å². The summed E-state index contributed by atoms with van der Waals surface area (Å²) in [5, 5.41) is 15.3. The number of hydrogen-bond acceptors (Lipinski definition) is 4. The number of nitrogens with zero attached hydrogens (tertiary/aromatic N) is 3. The SMILES string of the molecule is Cc1c(C(=O)NC2C3CC4CC(C3)CC2C4)nnn1C1CCNCC1.Cl. The molecule has 0 unspecified atom stereocenters. The fourth-order valence-electron chi connectivity index (χ4n) is 6.33. The van der Waals surface area contributed by atoms with Gasteiger partial charge in [0.15, 0.2) is 5.69 Å². The molecule has 26 heavy (non-hydrogen) atoms. The highest BCUT2D eigenvalue weighted by Gasteiger charge is 2.48. The zero-order chi connectivity index (χ0) is 17.0. The molecule has 5 fully saturated rings. The monoisotopic (exact) mass is 379 g/mol. The van der Waals surface area contributed by atoms with Crippen LogP contribution in [0.15, 0.2) is 0 Å². The van der Waals surface area contributed by atoms with Crippen LogP contribution in [0.1, 0.15) is 67.2 Å². The van der Waals surface area contributed by atoms with Gasteiger partial charge in [-0.15, -0.1) is 17.5 Å². The summed E-state index contributed by atoms with van der Waals surface area (Å²) in [5.74, 6) is 3.24. The lowest BCUT2D eigenvalue weighted by molar-refractivity contribution is -0.0120. The van der Waals surface area contributed by atoms with Crippen LogP contribution in [0.3, 0.4) is 0 Å². The maximum atomic E-state index is 12.9. The van der Waals surface area contributed by atoms with Gasteiger partial charge in [-0.05, 0) is 88.6 Å². The summed E-state index contributed by atoms with van der Waals surface area (Å²) in [6.45, 7) is 4.02. The van der Waals surface area contributed by atoms with E-state index in [1.54, 1.807) is 0 Å². The number of amides is 1. The van der Waals surface area contributed by atoms with Gasteiger partial charge < -0.3 is 10.6 Å². The van der Waals surface area contributed by atoms with Crippen molar-refractivity contribution in [1.29, 1.82) is 0 Å². The van der Waals surface area contributed by atoms with Crippen LogP contribution >= 0.6 is 12.4 Å². The van der Waals surface area contributed by atoms with Crippen LogP contribution in [0.4, 0.5) is 0 Å². The van der Waals surface area contributed by atoms with E-state index < -0.39 is 0 Å². The first-order chi connectivity index (χ1) is 12.2. The molecule has 144 valence electrons. The predicted octanol–water partition coefficient (Wildman–Crippen LogP) is 2.49. The number of halogens is 1. The van der Waals surface area contributed by atoms with Gasteiger partial charge in [-0.1, -0.05) is 5.21 Å². The Morgan fingerprint density at radius 3 is 2.31 bits per heavy atom. The molecule has 5 aliphatic rings. The number of nitrogens with one attached hydrogen (secondary N) is 2. The number of rotatable bonds is 3. The second-order valence-corrected chi connectivity index (χ2v) is 8.88. The summed E-state index contributed by atoms with van der Waals surface area (Å²) in [6.07, 6.45) is 8.83. The fourth-order valence-corrected chi connectivity index (χ4v) is 6.33. The molecule has 6 nitrogen and oxygen atoms in total. The molecular weight excluding hydrogens is 350 g/mol. The average molecular weight is 380 g/mol. The van der Waals surface area contributed by atoms with Gasteiger partial charge in [0.1, 0.15) is 0 Å². The Labute approximate surface area is 161 Å². The van der Waals surface area contributed by atoms with Crippen LogP contribution < -0.4 is 10.6 Å². The van der Waals surface area contributed by atoms with E-state index in [1.807, 2.05) is 11.6 Å². The van der Waals surface area contributed by atoms with E-state index in [-0.39, 0.29) is 18.3 Å². The molecule has 1 amide bonds. The number of carbonyl (C=O) groups is 1. The standard InChI is InChI=1S/C19H29N5O.ClH/c1-11-17(22-23-24(11)16-2-4-20-5-3-16)19(25)21-18-14-7-12-6-13(9-14)10-15(18)8-12;/h12-16,18,20H,2-10H2,1H3,(H,21,25);1H. The topological polar surface area (TPSA) is 71.8 Å². The molecule has 1 aliphatic heterocycles. The quantitative estimate of drug-likeness (QED) is 0.846. The lowest BCUT2D eigenvalue weighted by Gasteiger charge is -2.54. The van der Waals surface area contributed by atoms with Crippen LogP contribution in [0, 0.1) is 30.6 Å². The first kappa shape index (κ1) is 18.2. The first-order valence-corrected chi connectivity index (χ1v) is 10.1. The number of carbonyl (C=O) groups excluding carboxylic acids is 1. The molecule has 0 radical (unpaired) electrons. The minimum atomic E-state index is -0.00448. The zero-order valence-electron chi connectivity index (χ0n) is 15.5. The third-order valence-corrected chi connectivity index (χ3v) is 7.32. The van der Waals surface area contributed by atoms with Crippen molar-refractivity contribution < 1.29 is 4.79 Å². The number of piperidine rings is 1. The highest BCUT2D eigenvalue weighted by atomic mass is 35.5. The average Bonchev–Trinajstić information content (AvgIpc) is 3.00. The maximum Gasteiger partial charge on any atom is 0.273 e. The lowest BCUT2D eigenvalue weighted by Crippen LogP contribution is -2.55. The summed E-state index contributed by atoms with van der Waals surface area (Å²) >= 11 is 0. The zero-order valence-corrected chi connectivity index (χ0v) is 16.3. The van der Waals surface area contributed by atoms with Crippen molar-refractivity contribution in [2.45, 2.75) is 64.0 Å². The molecule has 2 N–H and O–H groups in total. The maximum absolute atomic E-state index is 12.9. The minimum Gasteiger partial charge on any atom is -0.347 e. The summed E-state index contributed by atoms with van der Waals surface area (Å²) in [4.78, 5) is 12.9. The van der Waals surface area contributed by atoms with Crippen molar-refractivity contribution in [3.05, 3.63) is 11.4 Å². The Bertz CT molecular complexity index is 641. The molecule has 2 heterocycles. The lowest BCUT2D eigenvalue weighted by atomic mass is 9.54. The van der Waals surface area contributed by atoms with E-state index in [1.165, 1.54) is 32.1 Å². The molecule has 4 bridgehead atoms. The van der Waals surface area contributed by atoms with Crippen molar-refractivity contribution in [3.63, 3.8) is 0 Å². The van der Waals surface area contributed by atoms with E-state index in [0.717, 1.165) is 43.5 Å². The smallest absolute Gasteiger partial charge is 0.273 e. The Morgan fingerprint density at radius 2 is 1.69 bits per heavy atom. The fraction of sp³-hybridized carbons (Fsp3) is 0.842. The summed E-state index contributed by atoms with van der Waals surface area (Å²) in [7, 11) is 0. The molecule has 4 saturated carbocycles. The molecular formula is C19H30ClN5O. The van der Waals surface area contributed by atoms with Crippen molar-refractivity contribution in [1.82, 2.24) is 25.6 Å². The van der Waals surface area contributed by atoms with E-state index in [9.17, 15) is 4.79 Å². The molecule has 6 rings (SSSR count). The highest BCUT2D eigenvalue weighted by molar-refractivity contribution is 5.93. The number of aromatic nitrogens is 3. The number of hydrogen-bond donors (Lipinski definition) is 2. The second-order valence-electron chi connectivity index (χ2n) is 8.88. The largest absolute Gasteiger partial charge is 0.347 e. The summed E-state index contributed by atoms with van der Waals surface area (Å²) in [6, 6.07) is 0.736. The highest BCUT2D eigenvalue weighted by Crippen LogP contribution is 2.53. The van der Waals surface area contributed by atoms with Crippen molar-refractivity contribution in [2.24, 2.45) is 23.7 Å². The van der Waals surface area contributed by atoms with Gasteiger partial charge in [0.2, 0.25) is 0 Å². The Balaban J connectivity index is 0.00000168. The third-order valence-electron chi connectivity index (χ3n) is 7.32. The molecule has 1 saturated heterocycles. The molecule has 0 aromatic carbocycles. The molecule has 1 aromatic heterocycles. The van der Waals surface area contributed by atoms with Gasteiger partial charge in [0.05, 0.1) is 11.7 Å². The third kappa shape index (κ3) is 3.05. The molecule has 1 aromatic rings. The van der Waals surface area contributed by atoms with Crippen LogP contribution in [-0.4, -0.2) is 40.0 Å². The van der Waals surface area contributed by atoms with Gasteiger partial charge in [-0.2, -0.15) is 0 Å². The van der Waals surface area contributed by atoms with E-state index in [2.05, 4.69) is 20.9 Å². The molecule has 0 atom stereocenters. The van der Waals surface area contributed by atoms with Gasteiger partial charge >= 0.3 is 0 Å². The van der Waals surface area contributed by atoms with Crippen molar-refractivity contribution in [2.75, 3.05) is 13.1 Å². The van der Waals surface area contributed by atoms with Crippen molar-refractivity contribution in [3.8, 4) is 0 Å². The Hall–Kier alpha value is -1.14. The van der Waals surface area contributed by atoms with Gasteiger partial charge in [-0.3, -0.25) is 4.79 Å². The van der Waals surface area contributed by atoms with Crippen LogP contribution in [0.5, 0.6) is 0 Å². The van der Waals surface area contributed by atoms with Crippen molar-refractivity contribution >= 4 is 18.3 Å². The van der Waals surface area contributed by atoms with Crippen LogP contribution in [0.25, 0.3) is 0 Å². The Kier molecular flexibility index (Phi) is 4.99. The molecule has 0 spiro atoms. The molecule has 7 heteroatoms.